The number of aliphatic hydroxyl groups is 2. The first kappa shape index (κ1) is 16.5. The van der Waals surface area contributed by atoms with Crippen LogP contribution in [0.5, 0.6) is 0 Å². The molecule has 0 saturated heterocycles. The van der Waals surface area contributed by atoms with E-state index in [1.165, 1.54) is 0 Å². The zero-order chi connectivity index (χ0) is 14.3. The topological polar surface area (TPSA) is 49.7 Å². The van der Waals surface area contributed by atoms with Crippen molar-refractivity contribution in [2.75, 3.05) is 12.4 Å². The van der Waals surface area contributed by atoms with Crippen LogP contribution in [0.3, 0.4) is 0 Å². The summed E-state index contributed by atoms with van der Waals surface area (Å²) < 4.78 is 5.50. The number of ether oxygens (including phenoxy) is 1. The molecule has 108 valence electrons. The minimum Gasteiger partial charge on any atom is -0.389 e. The number of hydrogen-bond donors (Lipinski definition) is 2. The molecule has 0 aromatic heterocycles. The summed E-state index contributed by atoms with van der Waals surface area (Å²) in [5, 5.41) is 19.6. The van der Waals surface area contributed by atoms with Crippen molar-refractivity contribution in [1.82, 2.24) is 0 Å². The van der Waals surface area contributed by atoms with E-state index in [9.17, 15) is 10.2 Å². The minimum atomic E-state index is -0.835. The maximum atomic E-state index is 9.83. The van der Waals surface area contributed by atoms with Gasteiger partial charge in [-0.1, -0.05) is 51.1 Å². The van der Waals surface area contributed by atoms with Crippen molar-refractivity contribution in [3.8, 4) is 0 Å². The molecule has 3 nitrogen and oxygen atoms in total. The van der Waals surface area contributed by atoms with Crippen LogP contribution in [0.4, 0.5) is 0 Å². The first-order valence-electron chi connectivity index (χ1n) is 6.50. The molecule has 0 amide bonds. The molecule has 0 spiro atoms. The molecule has 19 heavy (non-hydrogen) atoms. The summed E-state index contributed by atoms with van der Waals surface area (Å²) in [5.41, 5.74) is 1.06. The van der Waals surface area contributed by atoms with Crippen LogP contribution in [0.1, 0.15) is 26.3 Å². The molecule has 0 aliphatic rings. The van der Waals surface area contributed by atoms with Crippen LogP contribution < -0.4 is 0 Å². The van der Waals surface area contributed by atoms with Crippen LogP contribution >= 0.6 is 11.8 Å². The SMILES string of the molecule is CC(C)(C)SC[C@H](O)[C@H](O)COCc1ccccc1. The van der Waals surface area contributed by atoms with Crippen molar-refractivity contribution < 1.29 is 14.9 Å². The van der Waals surface area contributed by atoms with Gasteiger partial charge in [0.15, 0.2) is 0 Å². The number of benzene rings is 1. The van der Waals surface area contributed by atoms with E-state index in [1.807, 2.05) is 30.3 Å². The summed E-state index contributed by atoms with van der Waals surface area (Å²) in [6.07, 6.45) is -1.58. The second kappa shape index (κ2) is 7.90. The average Bonchev–Trinajstić information content (AvgIpc) is 2.36. The predicted octanol–water partition coefficient (Wildman–Crippen LogP) is 2.46. The molecule has 2 N–H and O–H groups in total. The van der Waals surface area contributed by atoms with Gasteiger partial charge in [0.25, 0.3) is 0 Å². The quantitative estimate of drug-likeness (QED) is 0.807. The lowest BCUT2D eigenvalue weighted by atomic mass is 10.2. The summed E-state index contributed by atoms with van der Waals surface area (Å²) in [5.74, 6) is 0.513. The molecular weight excluding hydrogens is 260 g/mol. The van der Waals surface area contributed by atoms with Crippen molar-refractivity contribution in [2.24, 2.45) is 0 Å². The molecule has 1 rings (SSSR count). The van der Waals surface area contributed by atoms with Gasteiger partial charge < -0.3 is 14.9 Å². The maximum Gasteiger partial charge on any atom is 0.104 e. The zero-order valence-corrected chi connectivity index (χ0v) is 12.7. The Labute approximate surface area is 120 Å². The van der Waals surface area contributed by atoms with Gasteiger partial charge in [0.05, 0.1) is 19.3 Å². The van der Waals surface area contributed by atoms with Gasteiger partial charge in [0, 0.05) is 10.5 Å². The maximum absolute atomic E-state index is 9.83. The molecule has 4 heteroatoms. The summed E-state index contributed by atoms with van der Waals surface area (Å²) in [4.78, 5) is 0. The Morgan fingerprint density at radius 1 is 1.11 bits per heavy atom. The van der Waals surface area contributed by atoms with Crippen molar-refractivity contribution in [3.63, 3.8) is 0 Å². The molecule has 2 atom stereocenters. The Morgan fingerprint density at radius 3 is 2.32 bits per heavy atom. The third-order valence-corrected chi connectivity index (χ3v) is 3.91. The van der Waals surface area contributed by atoms with Crippen LogP contribution in [0.25, 0.3) is 0 Å². The van der Waals surface area contributed by atoms with E-state index < -0.39 is 12.2 Å². The largest absolute Gasteiger partial charge is 0.389 e. The Hall–Kier alpha value is -0.550. The monoisotopic (exact) mass is 284 g/mol. The lowest BCUT2D eigenvalue weighted by Crippen LogP contribution is -2.33. The third kappa shape index (κ3) is 7.57. The van der Waals surface area contributed by atoms with Gasteiger partial charge >= 0.3 is 0 Å². The molecule has 0 radical (unpaired) electrons. The number of thioether (sulfide) groups is 1. The van der Waals surface area contributed by atoms with Crippen molar-refractivity contribution >= 4 is 11.8 Å². The van der Waals surface area contributed by atoms with Gasteiger partial charge in [-0.2, -0.15) is 11.8 Å². The highest BCUT2D eigenvalue weighted by atomic mass is 32.2. The average molecular weight is 284 g/mol. The molecule has 0 heterocycles. The molecule has 0 fully saturated rings. The van der Waals surface area contributed by atoms with E-state index in [2.05, 4.69) is 20.8 Å². The first-order chi connectivity index (χ1) is 8.88. The summed E-state index contributed by atoms with van der Waals surface area (Å²) in [7, 11) is 0. The fourth-order valence-electron chi connectivity index (χ4n) is 1.43. The number of rotatable bonds is 7. The van der Waals surface area contributed by atoms with Crippen molar-refractivity contribution in [1.29, 1.82) is 0 Å². The molecule has 0 unspecified atom stereocenters. The van der Waals surface area contributed by atoms with Crippen molar-refractivity contribution in [3.05, 3.63) is 35.9 Å². The molecule has 0 aliphatic carbocycles. The van der Waals surface area contributed by atoms with E-state index in [4.69, 9.17) is 4.74 Å². The zero-order valence-electron chi connectivity index (χ0n) is 11.9. The lowest BCUT2D eigenvalue weighted by Gasteiger charge is -2.23. The van der Waals surface area contributed by atoms with Gasteiger partial charge in [-0.15, -0.1) is 0 Å². The fourth-order valence-corrected chi connectivity index (χ4v) is 2.32. The van der Waals surface area contributed by atoms with Crippen LogP contribution in [-0.4, -0.2) is 39.5 Å². The minimum absolute atomic E-state index is 0.0889. The van der Waals surface area contributed by atoms with Gasteiger partial charge in [0.1, 0.15) is 6.10 Å². The Bertz CT molecular complexity index is 348. The molecule has 0 bridgehead atoms. The van der Waals surface area contributed by atoms with E-state index in [-0.39, 0.29) is 11.4 Å². The second-order valence-corrected chi connectivity index (χ2v) is 7.41. The Morgan fingerprint density at radius 2 is 1.74 bits per heavy atom. The first-order valence-corrected chi connectivity index (χ1v) is 7.49. The van der Waals surface area contributed by atoms with Crippen LogP contribution in [0.2, 0.25) is 0 Å². The van der Waals surface area contributed by atoms with Gasteiger partial charge in [-0.25, -0.2) is 0 Å². The fraction of sp³-hybridized carbons (Fsp3) is 0.600. The molecule has 1 aromatic carbocycles. The van der Waals surface area contributed by atoms with Crippen molar-refractivity contribution in [2.45, 2.75) is 44.3 Å². The normalized spacial score (nSPS) is 15.2. The van der Waals surface area contributed by atoms with E-state index in [0.717, 1.165) is 5.56 Å². The summed E-state index contributed by atoms with van der Waals surface area (Å²) in [6.45, 7) is 6.87. The van der Waals surface area contributed by atoms with E-state index >= 15 is 0 Å². The highest BCUT2D eigenvalue weighted by molar-refractivity contribution is 8.00. The van der Waals surface area contributed by atoms with E-state index in [0.29, 0.717) is 12.4 Å². The van der Waals surface area contributed by atoms with Crippen LogP contribution in [-0.2, 0) is 11.3 Å². The number of hydrogen-bond acceptors (Lipinski definition) is 4. The molecular formula is C15H24O3S. The lowest BCUT2D eigenvalue weighted by molar-refractivity contribution is -0.0332. The Balaban J connectivity index is 2.21. The number of aliphatic hydroxyl groups excluding tert-OH is 2. The van der Waals surface area contributed by atoms with Crippen LogP contribution in [0, 0.1) is 0 Å². The van der Waals surface area contributed by atoms with Gasteiger partial charge in [-0.3, -0.25) is 0 Å². The second-order valence-electron chi connectivity index (χ2n) is 5.56. The standard InChI is InChI=1S/C15H24O3S/c1-15(2,3)19-11-14(17)13(16)10-18-9-12-7-5-4-6-8-12/h4-8,13-14,16-17H,9-11H2,1-3H3/t13-,14+/m1/s1. The Kier molecular flexibility index (Phi) is 6.86. The predicted molar refractivity (Wildman–Crippen MR) is 80.3 cm³/mol. The molecule has 1 aromatic rings. The highest BCUT2D eigenvalue weighted by Crippen LogP contribution is 2.24. The summed E-state index contributed by atoms with van der Waals surface area (Å²) in [6, 6.07) is 9.79. The van der Waals surface area contributed by atoms with E-state index in [1.54, 1.807) is 11.8 Å². The van der Waals surface area contributed by atoms with Crippen LogP contribution in [0.15, 0.2) is 30.3 Å². The third-order valence-electron chi connectivity index (χ3n) is 2.53. The smallest absolute Gasteiger partial charge is 0.104 e. The summed E-state index contributed by atoms with van der Waals surface area (Å²) >= 11 is 1.63. The van der Waals surface area contributed by atoms with Gasteiger partial charge in [0.2, 0.25) is 0 Å². The highest BCUT2D eigenvalue weighted by Gasteiger charge is 2.20. The van der Waals surface area contributed by atoms with Gasteiger partial charge in [-0.05, 0) is 5.56 Å². The molecule has 0 aliphatic heterocycles. The molecule has 0 saturated carbocycles.